The third-order valence-corrected chi connectivity index (χ3v) is 4.02. The molecule has 0 aliphatic heterocycles. The van der Waals surface area contributed by atoms with Gasteiger partial charge in [0.25, 0.3) is 0 Å². The van der Waals surface area contributed by atoms with E-state index in [4.69, 9.17) is 0 Å². The quantitative estimate of drug-likeness (QED) is 0.837. The molecule has 0 fully saturated rings. The van der Waals surface area contributed by atoms with Crippen molar-refractivity contribution in [2.75, 3.05) is 19.4 Å². The summed E-state index contributed by atoms with van der Waals surface area (Å²) in [4.78, 5) is 1.92. The lowest BCUT2D eigenvalue weighted by Crippen LogP contribution is -2.13. The Morgan fingerprint density at radius 1 is 1.20 bits per heavy atom. The lowest BCUT2D eigenvalue weighted by molar-refractivity contribution is 0.392. The summed E-state index contributed by atoms with van der Waals surface area (Å²) in [6.45, 7) is 4.94. The Bertz CT molecular complexity index is 780. The van der Waals surface area contributed by atoms with Gasteiger partial charge in [0.05, 0.1) is 5.69 Å². The molecule has 1 aromatic heterocycles. The van der Waals surface area contributed by atoms with Crippen LogP contribution in [0.15, 0.2) is 18.2 Å². The molecule has 1 N–H and O–H groups in total. The van der Waals surface area contributed by atoms with Crippen LogP contribution in [0.4, 0.5) is 10.2 Å². The first-order valence-corrected chi connectivity index (χ1v) is 8.44. The monoisotopic (exact) mass is 341 g/mol. The van der Waals surface area contributed by atoms with Crippen LogP contribution < -0.4 is 5.32 Å². The largest absolute Gasteiger partial charge is 0.363 e. The molecule has 0 radical (unpaired) electrons. The first-order chi connectivity index (χ1) is 12.0. The normalized spacial score (nSPS) is 10.8. The van der Waals surface area contributed by atoms with E-state index in [1.54, 1.807) is 6.07 Å². The van der Waals surface area contributed by atoms with Gasteiger partial charge >= 0.3 is 0 Å². The molecule has 132 valence electrons. The van der Waals surface area contributed by atoms with Crippen molar-refractivity contribution in [3.05, 3.63) is 52.0 Å². The van der Waals surface area contributed by atoms with Crippen LogP contribution in [0.3, 0.4) is 0 Å². The summed E-state index contributed by atoms with van der Waals surface area (Å²) in [5.74, 6) is 0.226. The summed E-state index contributed by atoms with van der Waals surface area (Å²) in [7, 11) is 3.81. The number of hydrogen-bond acceptors (Lipinski definition) is 5. The number of nitriles is 1. The number of nitrogens with zero attached hydrogens (tertiary/aromatic N) is 4. The minimum atomic E-state index is -0.227. The van der Waals surface area contributed by atoms with Gasteiger partial charge in [0.2, 0.25) is 0 Å². The molecule has 0 spiro atoms. The van der Waals surface area contributed by atoms with Crippen LogP contribution in [0.25, 0.3) is 0 Å². The molecule has 0 saturated heterocycles. The Morgan fingerprint density at radius 2 is 1.96 bits per heavy atom. The maximum atomic E-state index is 14.2. The molecule has 0 unspecified atom stereocenters. The molecule has 0 aliphatic rings. The average Bonchev–Trinajstić information content (AvgIpc) is 2.60. The van der Waals surface area contributed by atoms with Crippen LogP contribution in [-0.4, -0.2) is 29.2 Å². The standard InChI is InChI=1S/C19H24FN5/c1-5-15-16(10-21)19(24-23-18(15)6-2)22-11-13-7-8-14(12-25(3)4)17(20)9-13/h7-9H,5-6,11-12H2,1-4H3,(H,22,24). The third-order valence-electron chi connectivity index (χ3n) is 4.02. The highest BCUT2D eigenvalue weighted by Crippen LogP contribution is 2.21. The average molecular weight is 341 g/mol. The number of halogens is 1. The minimum absolute atomic E-state index is 0.227. The number of nitrogens with one attached hydrogen (secondary N) is 1. The lowest BCUT2D eigenvalue weighted by Gasteiger charge is -2.13. The van der Waals surface area contributed by atoms with Gasteiger partial charge in [-0.25, -0.2) is 4.39 Å². The Balaban J connectivity index is 2.19. The Morgan fingerprint density at radius 3 is 2.52 bits per heavy atom. The summed E-state index contributed by atoms with van der Waals surface area (Å²) < 4.78 is 14.2. The van der Waals surface area contributed by atoms with Crippen LogP contribution >= 0.6 is 0 Å². The SMILES string of the molecule is CCc1nnc(NCc2ccc(CN(C)C)c(F)c2)c(C#N)c1CC. The van der Waals surface area contributed by atoms with Crippen molar-refractivity contribution in [1.29, 1.82) is 5.26 Å². The molecule has 0 bridgehead atoms. The van der Waals surface area contributed by atoms with E-state index in [0.717, 1.165) is 29.7 Å². The van der Waals surface area contributed by atoms with E-state index >= 15 is 0 Å². The van der Waals surface area contributed by atoms with E-state index in [0.29, 0.717) is 30.0 Å². The van der Waals surface area contributed by atoms with Gasteiger partial charge in [0, 0.05) is 18.7 Å². The highest BCUT2D eigenvalue weighted by atomic mass is 19.1. The number of benzene rings is 1. The van der Waals surface area contributed by atoms with Gasteiger partial charge in [0.1, 0.15) is 17.4 Å². The van der Waals surface area contributed by atoms with E-state index in [2.05, 4.69) is 21.6 Å². The number of hydrogen-bond donors (Lipinski definition) is 1. The second-order valence-corrected chi connectivity index (χ2v) is 6.18. The summed E-state index contributed by atoms with van der Waals surface area (Å²) in [5.41, 5.74) is 3.76. The highest BCUT2D eigenvalue weighted by Gasteiger charge is 2.14. The number of rotatable bonds is 7. The zero-order valence-electron chi connectivity index (χ0n) is 15.2. The van der Waals surface area contributed by atoms with Crippen LogP contribution in [-0.2, 0) is 25.9 Å². The van der Waals surface area contributed by atoms with Crippen molar-refractivity contribution in [1.82, 2.24) is 15.1 Å². The first-order valence-electron chi connectivity index (χ1n) is 8.44. The van der Waals surface area contributed by atoms with Gasteiger partial charge in [-0.3, -0.25) is 0 Å². The van der Waals surface area contributed by atoms with Crippen LogP contribution in [0.1, 0.15) is 41.8 Å². The summed E-state index contributed by atoms with van der Waals surface area (Å²) >= 11 is 0. The topological polar surface area (TPSA) is 64.8 Å². The maximum absolute atomic E-state index is 14.2. The molecule has 6 heteroatoms. The van der Waals surface area contributed by atoms with Crippen molar-refractivity contribution in [2.45, 2.75) is 39.8 Å². The number of aromatic nitrogens is 2. The van der Waals surface area contributed by atoms with Gasteiger partial charge in [-0.2, -0.15) is 10.4 Å². The Labute approximate surface area is 148 Å². The fourth-order valence-corrected chi connectivity index (χ4v) is 2.77. The van der Waals surface area contributed by atoms with Crippen LogP contribution in [0.5, 0.6) is 0 Å². The second kappa shape index (κ2) is 8.54. The highest BCUT2D eigenvalue weighted by molar-refractivity contribution is 5.56. The zero-order valence-corrected chi connectivity index (χ0v) is 15.2. The fraction of sp³-hybridized carbons (Fsp3) is 0.421. The molecule has 0 saturated carbocycles. The lowest BCUT2D eigenvalue weighted by atomic mass is 10.0. The van der Waals surface area contributed by atoms with E-state index in [1.165, 1.54) is 6.07 Å². The molecular formula is C19H24FN5. The second-order valence-electron chi connectivity index (χ2n) is 6.18. The molecule has 1 heterocycles. The molecule has 1 aromatic carbocycles. The minimum Gasteiger partial charge on any atom is -0.363 e. The van der Waals surface area contributed by atoms with Crippen LogP contribution in [0, 0.1) is 17.1 Å². The van der Waals surface area contributed by atoms with Gasteiger partial charge in [-0.05, 0) is 44.1 Å². The van der Waals surface area contributed by atoms with Gasteiger partial charge in [0.15, 0.2) is 5.82 Å². The predicted octanol–water partition coefficient (Wildman–Crippen LogP) is 3.29. The van der Waals surface area contributed by atoms with Gasteiger partial charge < -0.3 is 10.2 Å². The third kappa shape index (κ3) is 4.52. The van der Waals surface area contributed by atoms with Crippen molar-refractivity contribution in [2.24, 2.45) is 0 Å². The fourth-order valence-electron chi connectivity index (χ4n) is 2.77. The molecule has 25 heavy (non-hydrogen) atoms. The molecule has 0 atom stereocenters. The molecule has 0 amide bonds. The molecular weight excluding hydrogens is 317 g/mol. The van der Waals surface area contributed by atoms with E-state index in [-0.39, 0.29) is 5.82 Å². The van der Waals surface area contributed by atoms with Gasteiger partial charge in [-0.15, -0.1) is 5.10 Å². The number of anilines is 1. The summed E-state index contributed by atoms with van der Waals surface area (Å²) in [6.07, 6.45) is 1.47. The zero-order chi connectivity index (χ0) is 18.4. The number of aryl methyl sites for hydroxylation is 1. The Kier molecular flexibility index (Phi) is 6.43. The molecule has 0 aliphatic carbocycles. The van der Waals surface area contributed by atoms with E-state index in [1.807, 2.05) is 38.9 Å². The van der Waals surface area contributed by atoms with Crippen LogP contribution in [0.2, 0.25) is 0 Å². The Hall–Kier alpha value is -2.52. The molecule has 5 nitrogen and oxygen atoms in total. The van der Waals surface area contributed by atoms with Crippen molar-refractivity contribution >= 4 is 5.82 Å². The molecule has 2 aromatic rings. The predicted molar refractivity (Wildman–Crippen MR) is 96.6 cm³/mol. The van der Waals surface area contributed by atoms with Gasteiger partial charge in [-0.1, -0.05) is 26.0 Å². The van der Waals surface area contributed by atoms with Crippen molar-refractivity contribution in [3.63, 3.8) is 0 Å². The summed E-state index contributed by atoms with van der Waals surface area (Å²) in [5, 5.41) is 21.0. The molecule has 2 rings (SSSR count). The van der Waals surface area contributed by atoms with E-state index in [9.17, 15) is 9.65 Å². The summed E-state index contributed by atoms with van der Waals surface area (Å²) in [6, 6.07) is 7.42. The van der Waals surface area contributed by atoms with Crippen molar-refractivity contribution < 1.29 is 4.39 Å². The van der Waals surface area contributed by atoms with E-state index < -0.39 is 0 Å². The maximum Gasteiger partial charge on any atom is 0.167 e. The smallest absolute Gasteiger partial charge is 0.167 e. The van der Waals surface area contributed by atoms with Crippen molar-refractivity contribution in [3.8, 4) is 6.07 Å². The first kappa shape index (κ1) is 18.8.